The summed E-state index contributed by atoms with van der Waals surface area (Å²) in [5.41, 5.74) is 6.89. The zero-order valence-corrected chi connectivity index (χ0v) is 19.7. The van der Waals surface area contributed by atoms with Crippen molar-refractivity contribution in [3.05, 3.63) is 97.2 Å². The fourth-order valence-electron chi connectivity index (χ4n) is 2.86. The maximum absolute atomic E-state index is 4.14. The van der Waals surface area contributed by atoms with Crippen LogP contribution in [0.4, 0.5) is 5.69 Å². The Morgan fingerprint density at radius 2 is 1.77 bits per heavy atom. The Kier molecular flexibility index (Phi) is 15.6. The van der Waals surface area contributed by atoms with Gasteiger partial charge in [-0.2, -0.15) is 0 Å². The number of hydrogen-bond acceptors (Lipinski definition) is 2. The molecular weight excluding hydrogens is 364 g/mol. The van der Waals surface area contributed by atoms with Crippen molar-refractivity contribution in [2.75, 3.05) is 18.9 Å². The van der Waals surface area contributed by atoms with E-state index in [0.29, 0.717) is 0 Å². The molecule has 1 aromatic rings. The molecule has 0 saturated heterocycles. The van der Waals surface area contributed by atoms with Crippen LogP contribution in [0.15, 0.2) is 91.6 Å². The van der Waals surface area contributed by atoms with E-state index in [2.05, 4.69) is 55.2 Å². The minimum Gasteiger partial charge on any atom is -0.388 e. The van der Waals surface area contributed by atoms with Crippen molar-refractivity contribution >= 4 is 11.4 Å². The van der Waals surface area contributed by atoms with Gasteiger partial charge in [0.05, 0.1) is 0 Å². The Morgan fingerprint density at radius 3 is 2.33 bits per heavy atom. The number of para-hydroxylation sites is 1. The van der Waals surface area contributed by atoms with Gasteiger partial charge in [-0.1, -0.05) is 92.8 Å². The second kappa shape index (κ2) is 17.1. The summed E-state index contributed by atoms with van der Waals surface area (Å²) in [4.78, 5) is 0. The normalized spacial score (nSPS) is 12.3. The van der Waals surface area contributed by atoms with Gasteiger partial charge in [-0.25, -0.2) is 0 Å². The second-order valence-electron chi connectivity index (χ2n) is 7.07. The van der Waals surface area contributed by atoms with Gasteiger partial charge in [0.1, 0.15) is 0 Å². The highest BCUT2D eigenvalue weighted by Gasteiger charge is 2.06. The summed E-state index contributed by atoms with van der Waals surface area (Å²) in [6.07, 6.45) is 14.1. The monoisotopic (exact) mass is 406 g/mol. The summed E-state index contributed by atoms with van der Waals surface area (Å²) >= 11 is 0. The molecule has 1 aromatic carbocycles. The maximum Gasteiger partial charge on any atom is 0.0431 e. The lowest BCUT2D eigenvalue weighted by molar-refractivity contribution is 0.681. The van der Waals surface area contributed by atoms with Crippen molar-refractivity contribution in [1.29, 1.82) is 0 Å². The molecule has 1 aliphatic rings. The molecular formula is C28H42N2. The molecule has 0 radical (unpaired) electrons. The standard InChI is InChI=1S/C16H22N2.C10H14.C2H6/c1-13(15-10-6-7-11-16(15)17-2)18-12-14-8-4-3-5-9-14;1-5-6-10(4)8-7-9(2)3;1-2/h6-8,10-11,17-18H,1,3-5,9,12H2,2H3;5,7-8H,1-2,4,6H2,3H3;1-2H3/b;8-7-;. The summed E-state index contributed by atoms with van der Waals surface area (Å²) in [5, 5.41) is 6.64. The highest BCUT2D eigenvalue weighted by atomic mass is 14.9. The number of rotatable bonds is 9. The maximum atomic E-state index is 4.14. The lowest BCUT2D eigenvalue weighted by Crippen LogP contribution is -2.16. The minimum absolute atomic E-state index is 0.851. The highest BCUT2D eigenvalue weighted by Crippen LogP contribution is 2.21. The molecule has 0 fully saturated rings. The van der Waals surface area contributed by atoms with E-state index < -0.39 is 0 Å². The van der Waals surface area contributed by atoms with E-state index in [0.717, 1.165) is 41.1 Å². The predicted octanol–water partition coefficient (Wildman–Crippen LogP) is 8.07. The first-order valence-electron chi connectivity index (χ1n) is 11.0. The van der Waals surface area contributed by atoms with Gasteiger partial charge in [-0.05, 0) is 45.1 Å². The zero-order chi connectivity index (χ0) is 22.8. The van der Waals surface area contributed by atoms with Crippen LogP contribution in [0, 0.1) is 0 Å². The average Bonchev–Trinajstić information content (AvgIpc) is 2.78. The Morgan fingerprint density at radius 1 is 1.07 bits per heavy atom. The van der Waals surface area contributed by atoms with Crippen molar-refractivity contribution in [3.8, 4) is 0 Å². The van der Waals surface area contributed by atoms with Crippen LogP contribution in [-0.2, 0) is 0 Å². The first kappa shape index (κ1) is 27.3. The van der Waals surface area contributed by atoms with E-state index in [9.17, 15) is 0 Å². The van der Waals surface area contributed by atoms with E-state index in [4.69, 9.17) is 0 Å². The number of nitrogens with one attached hydrogen (secondary N) is 2. The zero-order valence-electron chi connectivity index (χ0n) is 19.7. The van der Waals surface area contributed by atoms with Gasteiger partial charge in [-0.15, -0.1) is 6.58 Å². The lowest BCUT2D eigenvalue weighted by atomic mass is 9.99. The van der Waals surface area contributed by atoms with Crippen molar-refractivity contribution in [2.45, 2.75) is 52.9 Å². The quantitative estimate of drug-likeness (QED) is 0.320. The fourth-order valence-corrected chi connectivity index (χ4v) is 2.86. The van der Waals surface area contributed by atoms with Crippen molar-refractivity contribution in [2.24, 2.45) is 0 Å². The molecule has 0 aliphatic heterocycles. The van der Waals surface area contributed by atoms with E-state index in [1.165, 1.54) is 31.3 Å². The molecule has 0 unspecified atom stereocenters. The van der Waals surface area contributed by atoms with Gasteiger partial charge in [0.2, 0.25) is 0 Å². The molecule has 0 bridgehead atoms. The fraction of sp³-hybridized carbons (Fsp3) is 0.357. The van der Waals surface area contributed by atoms with Crippen LogP contribution in [0.5, 0.6) is 0 Å². The number of allylic oxidation sites excluding steroid dienone is 6. The Labute approximate surface area is 185 Å². The van der Waals surface area contributed by atoms with Crippen LogP contribution in [0.1, 0.15) is 58.4 Å². The summed E-state index contributed by atoms with van der Waals surface area (Å²) in [6.45, 7) is 22.2. The van der Waals surface area contributed by atoms with Crippen LogP contribution in [-0.4, -0.2) is 13.6 Å². The van der Waals surface area contributed by atoms with Crippen molar-refractivity contribution < 1.29 is 0 Å². The van der Waals surface area contributed by atoms with Crippen LogP contribution < -0.4 is 10.6 Å². The van der Waals surface area contributed by atoms with E-state index in [1.54, 1.807) is 0 Å². The molecule has 164 valence electrons. The summed E-state index contributed by atoms with van der Waals surface area (Å²) < 4.78 is 0. The molecule has 2 rings (SSSR count). The van der Waals surface area contributed by atoms with Gasteiger partial charge in [0.25, 0.3) is 0 Å². The Hall–Kier alpha value is -2.74. The summed E-state index contributed by atoms with van der Waals surface area (Å²) in [6, 6.07) is 8.24. The van der Waals surface area contributed by atoms with Gasteiger partial charge >= 0.3 is 0 Å². The van der Waals surface area contributed by atoms with Crippen LogP contribution in [0.25, 0.3) is 5.70 Å². The molecule has 2 nitrogen and oxygen atoms in total. The lowest BCUT2D eigenvalue weighted by Gasteiger charge is -2.17. The molecule has 2 N–H and O–H groups in total. The number of hydrogen-bond donors (Lipinski definition) is 2. The minimum atomic E-state index is 0.851. The summed E-state index contributed by atoms with van der Waals surface area (Å²) in [5.74, 6) is 0. The molecule has 30 heavy (non-hydrogen) atoms. The molecule has 0 heterocycles. The topological polar surface area (TPSA) is 24.1 Å². The molecule has 0 atom stereocenters. The van der Waals surface area contributed by atoms with E-state index in [-0.39, 0.29) is 0 Å². The number of anilines is 1. The average molecular weight is 407 g/mol. The van der Waals surface area contributed by atoms with Gasteiger partial charge in [0, 0.05) is 30.5 Å². The van der Waals surface area contributed by atoms with E-state index >= 15 is 0 Å². The smallest absolute Gasteiger partial charge is 0.0431 e. The second-order valence-corrected chi connectivity index (χ2v) is 7.07. The molecule has 0 aromatic heterocycles. The third-order valence-corrected chi connectivity index (χ3v) is 4.45. The molecule has 1 aliphatic carbocycles. The Bertz CT molecular complexity index is 735. The van der Waals surface area contributed by atoms with Gasteiger partial charge in [-0.3, -0.25) is 0 Å². The number of benzene rings is 1. The third kappa shape index (κ3) is 12.0. The van der Waals surface area contributed by atoms with Crippen LogP contribution in [0.2, 0.25) is 0 Å². The molecule has 0 amide bonds. The molecule has 2 heteroatoms. The predicted molar refractivity (Wildman–Crippen MR) is 139 cm³/mol. The highest BCUT2D eigenvalue weighted by molar-refractivity contribution is 5.73. The molecule has 0 saturated carbocycles. The van der Waals surface area contributed by atoms with E-state index in [1.807, 2.05) is 58.2 Å². The summed E-state index contributed by atoms with van der Waals surface area (Å²) in [7, 11) is 1.94. The largest absolute Gasteiger partial charge is 0.388 e. The van der Waals surface area contributed by atoms with Crippen LogP contribution in [0.3, 0.4) is 0 Å². The Balaban J connectivity index is 0.000000600. The van der Waals surface area contributed by atoms with Crippen molar-refractivity contribution in [1.82, 2.24) is 5.32 Å². The van der Waals surface area contributed by atoms with Gasteiger partial charge < -0.3 is 10.6 Å². The third-order valence-electron chi connectivity index (χ3n) is 4.45. The molecule has 0 spiro atoms. The SMILES string of the molecule is C=C(NCC1=CCCCC1)c1ccccc1NC.C=CCC(=C)/C=C\C(=C)C.CC. The van der Waals surface area contributed by atoms with Crippen molar-refractivity contribution in [3.63, 3.8) is 0 Å². The first-order chi connectivity index (χ1) is 14.5. The van der Waals surface area contributed by atoms with Crippen LogP contribution >= 0.6 is 0 Å². The van der Waals surface area contributed by atoms with Gasteiger partial charge in [0.15, 0.2) is 0 Å². The first-order valence-corrected chi connectivity index (χ1v) is 11.0.